The van der Waals surface area contributed by atoms with E-state index < -0.39 is 4.92 Å². The fourth-order valence-electron chi connectivity index (χ4n) is 1.19. The monoisotopic (exact) mass is 265 g/mol. The molecule has 0 N–H and O–H groups in total. The zero-order valence-corrected chi connectivity index (χ0v) is 10.7. The van der Waals surface area contributed by atoms with Crippen molar-refractivity contribution in [3.05, 3.63) is 33.9 Å². The average molecular weight is 265 g/mol. The molecular formula is C12H11NO4S. The maximum atomic E-state index is 10.8. The molecule has 0 aliphatic rings. The quantitative estimate of drug-likeness (QED) is 0.476. The molecule has 1 aromatic carbocycles. The molecule has 0 aliphatic carbocycles. The van der Waals surface area contributed by atoms with E-state index in [2.05, 4.69) is 11.8 Å². The Morgan fingerprint density at radius 2 is 2.28 bits per heavy atom. The van der Waals surface area contributed by atoms with Crippen LogP contribution >= 0.6 is 11.8 Å². The van der Waals surface area contributed by atoms with Crippen LogP contribution in [-0.4, -0.2) is 22.9 Å². The van der Waals surface area contributed by atoms with Gasteiger partial charge in [-0.1, -0.05) is 23.6 Å². The lowest BCUT2D eigenvalue weighted by Gasteiger charge is -2.00. The molecule has 0 saturated heterocycles. The largest absolute Gasteiger partial charge is 0.490 e. The van der Waals surface area contributed by atoms with Gasteiger partial charge in [-0.15, -0.1) is 0 Å². The second kappa shape index (κ2) is 6.67. The molecule has 0 atom stereocenters. The predicted octanol–water partition coefficient (Wildman–Crippen LogP) is 2.23. The number of rotatable bonds is 3. The summed E-state index contributed by atoms with van der Waals surface area (Å²) in [6.07, 6.45) is 0. The Labute approximate surface area is 109 Å². The molecule has 0 heterocycles. The van der Waals surface area contributed by atoms with Crippen LogP contribution in [0.4, 0.5) is 5.69 Å². The van der Waals surface area contributed by atoms with E-state index in [-0.39, 0.29) is 16.6 Å². The molecule has 0 aromatic heterocycles. The average Bonchev–Trinajstić information content (AvgIpc) is 2.34. The van der Waals surface area contributed by atoms with Gasteiger partial charge >= 0.3 is 5.69 Å². The molecule has 0 radical (unpaired) electrons. The Kier molecular flexibility index (Phi) is 5.21. The first-order chi connectivity index (χ1) is 8.54. The summed E-state index contributed by atoms with van der Waals surface area (Å²) in [5.74, 6) is 6.10. The minimum Gasteiger partial charge on any atom is -0.490 e. The number of nitrogens with zero attached hydrogens (tertiary/aromatic N) is 1. The summed E-state index contributed by atoms with van der Waals surface area (Å²) in [5.41, 5.74) is 0.398. The van der Waals surface area contributed by atoms with Gasteiger partial charge < -0.3 is 4.74 Å². The lowest BCUT2D eigenvalue weighted by Crippen LogP contribution is -1.94. The molecule has 1 rings (SSSR count). The maximum Gasteiger partial charge on any atom is 0.312 e. The van der Waals surface area contributed by atoms with Crippen molar-refractivity contribution in [1.82, 2.24) is 0 Å². The van der Waals surface area contributed by atoms with Crippen molar-refractivity contribution >= 4 is 22.6 Å². The highest BCUT2D eigenvalue weighted by molar-refractivity contribution is 8.13. The van der Waals surface area contributed by atoms with Crippen LogP contribution in [0.5, 0.6) is 5.75 Å². The number of carbonyl (C=O) groups excluding carboxylic acids is 1. The van der Waals surface area contributed by atoms with E-state index in [9.17, 15) is 14.9 Å². The van der Waals surface area contributed by atoms with Crippen molar-refractivity contribution in [3.63, 3.8) is 0 Å². The number of nitro groups is 1. The number of carbonyl (C=O) groups is 1. The van der Waals surface area contributed by atoms with Crippen LogP contribution in [0.3, 0.4) is 0 Å². The van der Waals surface area contributed by atoms with Gasteiger partial charge in [-0.2, -0.15) is 0 Å². The molecule has 18 heavy (non-hydrogen) atoms. The molecule has 0 fully saturated rings. The first kappa shape index (κ1) is 14.1. The zero-order valence-electron chi connectivity index (χ0n) is 9.93. The fourth-order valence-corrected chi connectivity index (χ4v) is 1.53. The van der Waals surface area contributed by atoms with Crippen LogP contribution in [0, 0.1) is 22.0 Å². The molecule has 0 amide bonds. The standard InChI is InChI=1S/C12H11NO4S/c1-9(14)18-7-3-4-10-5-6-12(17-2)11(8-10)13(15)16/h5-6,8H,7H2,1-2H3. The molecule has 5 nitrogen and oxygen atoms in total. The molecule has 0 aliphatic heterocycles. The number of thioether (sulfide) groups is 1. The molecule has 0 spiro atoms. The van der Waals surface area contributed by atoms with Gasteiger partial charge in [0.1, 0.15) is 0 Å². The molecule has 0 saturated carbocycles. The molecule has 1 aromatic rings. The fraction of sp³-hybridized carbons (Fsp3) is 0.250. The normalized spacial score (nSPS) is 9.22. The third-order valence-electron chi connectivity index (χ3n) is 1.96. The Hall–Kier alpha value is -2.00. The second-order valence-corrected chi connectivity index (χ2v) is 4.38. The molecule has 6 heteroatoms. The number of benzene rings is 1. The van der Waals surface area contributed by atoms with Crippen molar-refractivity contribution < 1.29 is 14.5 Å². The number of hydrogen-bond donors (Lipinski definition) is 0. The van der Waals surface area contributed by atoms with Crippen molar-refractivity contribution in [3.8, 4) is 17.6 Å². The van der Waals surface area contributed by atoms with E-state index >= 15 is 0 Å². The van der Waals surface area contributed by atoms with Crippen LogP contribution in [-0.2, 0) is 4.79 Å². The lowest BCUT2D eigenvalue weighted by atomic mass is 10.2. The van der Waals surface area contributed by atoms with Crippen LogP contribution < -0.4 is 4.74 Å². The first-order valence-electron chi connectivity index (χ1n) is 4.99. The van der Waals surface area contributed by atoms with Gasteiger partial charge in [0.05, 0.1) is 17.8 Å². The Balaban J connectivity index is 2.88. The van der Waals surface area contributed by atoms with Gasteiger partial charge in [-0.3, -0.25) is 14.9 Å². The molecule has 94 valence electrons. The van der Waals surface area contributed by atoms with E-state index in [0.717, 1.165) is 11.8 Å². The Bertz CT molecular complexity index is 531. The van der Waals surface area contributed by atoms with Crippen LogP contribution in [0.15, 0.2) is 18.2 Å². The minimum atomic E-state index is -0.520. The Morgan fingerprint density at radius 3 is 2.83 bits per heavy atom. The summed E-state index contributed by atoms with van der Waals surface area (Å²) >= 11 is 1.10. The van der Waals surface area contributed by atoms with Crippen molar-refractivity contribution in [2.24, 2.45) is 0 Å². The molecule has 0 unspecified atom stereocenters. The van der Waals surface area contributed by atoms with Crippen molar-refractivity contribution in [2.45, 2.75) is 6.92 Å². The number of nitro benzene ring substituents is 1. The van der Waals surface area contributed by atoms with Gasteiger partial charge in [0.15, 0.2) is 10.9 Å². The van der Waals surface area contributed by atoms with E-state index in [1.807, 2.05) is 0 Å². The number of methoxy groups -OCH3 is 1. The predicted molar refractivity (Wildman–Crippen MR) is 69.7 cm³/mol. The lowest BCUT2D eigenvalue weighted by molar-refractivity contribution is -0.385. The van der Waals surface area contributed by atoms with Gasteiger partial charge in [0.25, 0.3) is 0 Å². The number of hydrogen-bond acceptors (Lipinski definition) is 5. The molecular weight excluding hydrogens is 254 g/mol. The minimum absolute atomic E-state index is 0.00925. The SMILES string of the molecule is COc1ccc(C#CCSC(C)=O)cc1[N+](=O)[O-]. The highest BCUT2D eigenvalue weighted by atomic mass is 32.2. The maximum absolute atomic E-state index is 10.8. The summed E-state index contributed by atoms with van der Waals surface area (Å²) in [6, 6.07) is 4.49. The summed E-state index contributed by atoms with van der Waals surface area (Å²) in [5, 5.41) is 10.8. The third-order valence-corrected chi connectivity index (χ3v) is 2.65. The van der Waals surface area contributed by atoms with E-state index in [0.29, 0.717) is 11.3 Å². The zero-order chi connectivity index (χ0) is 13.5. The van der Waals surface area contributed by atoms with Crippen molar-refractivity contribution in [1.29, 1.82) is 0 Å². The third kappa shape index (κ3) is 4.11. The van der Waals surface area contributed by atoms with Gasteiger partial charge in [-0.05, 0) is 12.1 Å². The summed E-state index contributed by atoms with van der Waals surface area (Å²) in [4.78, 5) is 20.9. The smallest absolute Gasteiger partial charge is 0.312 e. The van der Waals surface area contributed by atoms with Crippen LogP contribution in [0.25, 0.3) is 0 Å². The topological polar surface area (TPSA) is 69.4 Å². The van der Waals surface area contributed by atoms with Gasteiger partial charge in [0.2, 0.25) is 0 Å². The van der Waals surface area contributed by atoms with E-state index in [1.165, 1.54) is 26.2 Å². The van der Waals surface area contributed by atoms with E-state index in [1.54, 1.807) is 6.07 Å². The molecule has 0 bridgehead atoms. The van der Waals surface area contributed by atoms with Crippen LogP contribution in [0.2, 0.25) is 0 Å². The highest BCUT2D eigenvalue weighted by Crippen LogP contribution is 2.27. The van der Waals surface area contributed by atoms with E-state index in [4.69, 9.17) is 4.74 Å². The summed E-state index contributed by atoms with van der Waals surface area (Å²) < 4.78 is 4.88. The Morgan fingerprint density at radius 1 is 1.56 bits per heavy atom. The highest BCUT2D eigenvalue weighted by Gasteiger charge is 2.14. The summed E-state index contributed by atoms with van der Waals surface area (Å²) in [7, 11) is 1.37. The summed E-state index contributed by atoms with van der Waals surface area (Å²) in [6.45, 7) is 1.46. The first-order valence-corrected chi connectivity index (χ1v) is 5.98. The van der Waals surface area contributed by atoms with Crippen LogP contribution in [0.1, 0.15) is 12.5 Å². The van der Waals surface area contributed by atoms with Crippen molar-refractivity contribution in [2.75, 3.05) is 12.9 Å². The number of ether oxygens (including phenoxy) is 1. The van der Waals surface area contributed by atoms with Gasteiger partial charge in [0, 0.05) is 18.6 Å². The second-order valence-electron chi connectivity index (χ2n) is 3.23. The van der Waals surface area contributed by atoms with Gasteiger partial charge in [-0.25, -0.2) is 0 Å².